The summed E-state index contributed by atoms with van der Waals surface area (Å²) in [6.45, 7) is 23.8. The average Bonchev–Trinajstić information content (AvgIpc) is 2.17. The summed E-state index contributed by atoms with van der Waals surface area (Å²) in [5.41, 5.74) is 0. The monoisotopic (exact) mass is 299 g/mol. The predicted molar refractivity (Wildman–Crippen MR) is 90.2 cm³/mol. The molecule has 0 fully saturated rings. The molecule has 0 saturated carbocycles. The Bertz CT molecular complexity index is 290. The SMILES string of the molecule is [CH2]CCCC(=O)O[Si](C(C)(C)C)(C(C)(C)C)C(C)(C)C. The standard InChI is InChI=1S/C17H35O2Si/c1-11-12-13-14(18)19-20(15(2,3)4,16(5,6)7)17(8,9)10/h1,11-13H2,2-10H3. The summed E-state index contributed by atoms with van der Waals surface area (Å²) in [7, 11) is -2.38. The van der Waals surface area contributed by atoms with Crippen LogP contribution in [0.2, 0.25) is 15.1 Å². The van der Waals surface area contributed by atoms with Crippen molar-refractivity contribution in [3.63, 3.8) is 0 Å². The Morgan fingerprint density at radius 1 is 0.900 bits per heavy atom. The van der Waals surface area contributed by atoms with Gasteiger partial charge in [-0.05, 0) is 21.5 Å². The molecule has 0 aromatic rings. The molecule has 0 aromatic heterocycles. The molecule has 0 heterocycles. The third kappa shape index (κ3) is 3.87. The first-order chi connectivity index (χ1) is 8.70. The van der Waals surface area contributed by atoms with Crippen LogP contribution in [0.3, 0.4) is 0 Å². The molecule has 3 heteroatoms. The molecule has 0 spiro atoms. The van der Waals surface area contributed by atoms with Crippen LogP contribution in [0.4, 0.5) is 0 Å². The number of rotatable bonds is 4. The normalized spacial score (nSPS) is 14.3. The Kier molecular flexibility index (Phi) is 6.11. The number of unbranched alkanes of at least 4 members (excludes halogenated alkanes) is 1. The van der Waals surface area contributed by atoms with Gasteiger partial charge in [0.2, 0.25) is 0 Å². The third-order valence-corrected chi connectivity index (χ3v) is 10.9. The Hall–Kier alpha value is -0.313. The van der Waals surface area contributed by atoms with Crippen molar-refractivity contribution in [2.45, 2.75) is 96.7 Å². The zero-order valence-electron chi connectivity index (χ0n) is 15.1. The maximum Gasteiger partial charge on any atom is 0.292 e. The van der Waals surface area contributed by atoms with Crippen LogP contribution in [0.25, 0.3) is 0 Å². The van der Waals surface area contributed by atoms with Gasteiger partial charge < -0.3 is 4.43 Å². The van der Waals surface area contributed by atoms with Crippen LogP contribution in [-0.2, 0) is 9.22 Å². The van der Waals surface area contributed by atoms with Gasteiger partial charge in [0.15, 0.2) is 0 Å². The van der Waals surface area contributed by atoms with Gasteiger partial charge in [-0.15, -0.1) is 0 Å². The molecule has 0 rings (SSSR count). The summed E-state index contributed by atoms with van der Waals surface area (Å²) >= 11 is 0. The number of hydrogen-bond acceptors (Lipinski definition) is 2. The molecule has 20 heavy (non-hydrogen) atoms. The molecule has 0 unspecified atom stereocenters. The van der Waals surface area contributed by atoms with Crippen LogP contribution in [0, 0.1) is 6.92 Å². The van der Waals surface area contributed by atoms with Crippen molar-refractivity contribution < 1.29 is 9.22 Å². The van der Waals surface area contributed by atoms with Crippen LogP contribution in [-0.4, -0.2) is 14.3 Å². The van der Waals surface area contributed by atoms with Crippen LogP contribution in [0.5, 0.6) is 0 Å². The van der Waals surface area contributed by atoms with Crippen LogP contribution in [0.1, 0.15) is 81.6 Å². The molecule has 1 radical (unpaired) electrons. The van der Waals surface area contributed by atoms with Gasteiger partial charge in [-0.25, -0.2) is 0 Å². The summed E-state index contributed by atoms with van der Waals surface area (Å²) in [6.07, 6.45) is 2.08. The number of carbonyl (C=O) groups excluding carboxylic acids is 1. The van der Waals surface area contributed by atoms with E-state index < -0.39 is 8.32 Å². The second-order valence-corrected chi connectivity index (χ2v) is 14.9. The van der Waals surface area contributed by atoms with Crippen molar-refractivity contribution in [2.75, 3.05) is 0 Å². The maximum atomic E-state index is 12.3. The minimum absolute atomic E-state index is 0.0103. The van der Waals surface area contributed by atoms with Gasteiger partial charge in [0.1, 0.15) is 0 Å². The molecule has 0 aliphatic rings. The van der Waals surface area contributed by atoms with Gasteiger partial charge in [0.05, 0.1) is 0 Å². The zero-order chi connectivity index (χ0) is 16.4. The Morgan fingerprint density at radius 3 is 1.50 bits per heavy atom. The molecular weight excluding hydrogens is 264 g/mol. The summed E-state index contributed by atoms with van der Waals surface area (Å²) in [5, 5.41) is -0.0309. The predicted octanol–water partition coefficient (Wildman–Crippen LogP) is 5.88. The van der Waals surface area contributed by atoms with Crippen molar-refractivity contribution in [2.24, 2.45) is 0 Å². The smallest absolute Gasteiger partial charge is 0.292 e. The van der Waals surface area contributed by atoms with Gasteiger partial charge in [0, 0.05) is 6.42 Å². The average molecular weight is 300 g/mol. The quantitative estimate of drug-likeness (QED) is 0.606. The van der Waals surface area contributed by atoms with E-state index in [1.165, 1.54) is 0 Å². The molecule has 0 atom stereocenters. The molecule has 0 aromatic carbocycles. The van der Waals surface area contributed by atoms with E-state index in [-0.39, 0.29) is 21.1 Å². The highest BCUT2D eigenvalue weighted by Crippen LogP contribution is 2.62. The summed E-state index contributed by atoms with van der Waals surface area (Å²) < 4.78 is 6.31. The van der Waals surface area contributed by atoms with E-state index in [1.807, 2.05) is 0 Å². The molecule has 0 saturated heterocycles. The highest BCUT2D eigenvalue weighted by Gasteiger charge is 2.64. The highest BCUT2D eigenvalue weighted by atomic mass is 28.4. The number of hydrogen-bond donors (Lipinski definition) is 0. The van der Waals surface area contributed by atoms with E-state index in [9.17, 15) is 4.79 Å². The molecule has 0 N–H and O–H groups in total. The van der Waals surface area contributed by atoms with E-state index in [0.717, 1.165) is 12.8 Å². The van der Waals surface area contributed by atoms with E-state index in [4.69, 9.17) is 4.43 Å². The van der Waals surface area contributed by atoms with Gasteiger partial charge in [-0.3, -0.25) is 4.79 Å². The van der Waals surface area contributed by atoms with Crippen molar-refractivity contribution in [1.29, 1.82) is 0 Å². The van der Waals surface area contributed by atoms with E-state index in [1.54, 1.807) is 0 Å². The van der Waals surface area contributed by atoms with Gasteiger partial charge in [-0.2, -0.15) is 0 Å². The topological polar surface area (TPSA) is 26.3 Å². The Balaban J connectivity index is 5.75. The molecule has 0 aliphatic heterocycles. The van der Waals surface area contributed by atoms with Crippen LogP contribution < -0.4 is 0 Å². The van der Waals surface area contributed by atoms with Gasteiger partial charge >= 0.3 is 0 Å². The second-order valence-electron chi connectivity index (χ2n) is 8.86. The first-order valence-corrected chi connectivity index (χ1v) is 9.62. The lowest BCUT2D eigenvalue weighted by Gasteiger charge is -2.56. The molecule has 119 valence electrons. The van der Waals surface area contributed by atoms with Crippen LogP contribution >= 0.6 is 0 Å². The first-order valence-electron chi connectivity index (χ1n) is 7.72. The maximum absolute atomic E-state index is 12.3. The fraction of sp³-hybridized carbons (Fsp3) is 0.882. The molecule has 0 bridgehead atoms. The zero-order valence-corrected chi connectivity index (χ0v) is 16.1. The van der Waals surface area contributed by atoms with Gasteiger partial charge in [0.25, 0.3) is 14.3 Å². The lowest BCUT2D eigenvalue weighted by molar-refractivity contribution is -0.136. The third-order valence-electron chi connectivity index (χ3n) is 4.07. The van der Waals surface area contributed by atoms with E-state index in [2.05, 4.69) is 69.2 Å². The fourth-order valence-corrected chi connectivity index (χ4v) is 12.4. The van der Waals surface area contributed by atoms with Crippen molar-refractivity contribution in [3.8, 4) is 0 Å². The minimum Gasteiger partial charge on any atom is -0.517 e. The summed E-state index contributed by atoms with van der Waals surface area (Å²) in [6, 6.07) is 0. The molecule has 2 nitrogen and oxygen atoms in total. The minimum atomic E-state index is -2.38. The second kappa shape index (κ2) is 6.21. The Labute approximate surface area is 127 Å². The van der Waals surface area contributed by atoms with E-state index in [0.29, 0.717) is 6.42 Å². The van der Waals surface area contributed by atoms with E-state index >= 15 is 0 Å². The summed E-state index contributed by atoms with van der Waals surface area (Å²) in [4.78, 5) is 12.3. The highest BCUT2D eigenvalue weighted by molar-refractivity contribution is 6.83. The van der Waals surface area contributed by atoms with Crippen molar-refractivity contribution in [3.05, 3.63) is 6.92 Å². The fourth-order valence-electron chi connectivity index (χ4n) is 4.33. The van der Waals surface area contributed by atoms with Crippen molar-refractivity contribution in [1.82, 2.24) is 0 Å². The van der Waals surface area contributed by atoms with Crippen LogP contribution in [0.15, 0.2) is 0 Å². The Morgan fingerprint density at radius 2 is 1.25 bits per heavy atom. The lowest BCUT2D eigenvalue weighted by Crippen LogP contribution is -2.61. The molecule has 0 aliphatic carbocycles. The molecular formula is C17H35O2Si. The van der Waals surface area contributed by atoms with Gasteiger partial charge in [-0.1, -0.05) is 75.7 Å². The van der Waals surface area contributed by atoms with Crippen molar-refractivity contribution >= 4 is 14.3 Å². The molecule has 0 amide bonds. The lowest BCUT2D eigenvalue weighted by atomic mass is 10.2. The summed E-state index contributed by atoms with van der Waals surface area (Å²) in [5.74, 6) is -0.0416. The number of carbonyl (C=O) groups is 1. The largest absolute Gasteiger partial charge is 0.517 e. The first kappa shape index (κ1) is 19.7.